The van der Waals surface area contributed by atoms with Gasteiger partial charge >= 0.3 is 0 Å². The molecule has 0 aromatic carbocycles. The number of allylic oxidation sites excluding steroid dienone is 2. The number of carbonyl (C=O) groups is 1. The second-order valence-electron chi connectivity index (χ2n) is 6.90. The summed E-state index contributed by atoms with van der Waals surface area (Å²) in [6.07, 6.45) is 11.7. The summed E-state index contributed by atoms with van der Waals surface area (Å²) in [6.45, 7) is 0. The molecule has 3 aliphatic carbocycles. The third kappa shape index (κ3) is 3.32. The van der Waals surface area contributed by atoms with E-state index in [9.17, 15) is 4.79 Å². The van der Waals surface area contributed by atoms with E-state index in [1.165, 1.54) is 43.1 Å². The Kier molecular flexibility index (Phi) is 4.18. The van der Waals surface area contributed by atoms with Crippen LogP contribution < -0.4 is 0 Å². The molecule has 0 atom stereocenters. The van der Waals surface area contributed by atoms with E-state index >= 15 is 0 Å². The smallest absolute Gasteiger partial charge is 0.237 e. The van der Waals surface area contributed by atoms with Crippen molar-refractivity contribution >= 4 is 17.7 Å². The van der Waals surface area contributed by atoms with Crippen LogP contribution in [-0.4, -0.2) is 37.4 Å². The molecule has 1 amide bonds. The zero-order valence-corrected chi connectivity index (χ0v) is 14.5. The number of hydrogen-bond acceptors (Lipinski definition) is 4. The number of amides is 1. The van der Waals surface area contributed by atoms with Crippen molar-refractivity contribution in [1.82, 2.24) is 19.7 Å². The van der Waals surface area contributed by atoms with Crippen molar-refractivity contribution in [2.24, 2.45) is 7.05 Å². The first-order valence-corrected chi connectivity index (χ1v) is 9.76. The summed E-state index contributed by atoms with van der Waals surface area (Å²) in [5, 5.41) is 9.43. The molecule has 1 heterocycles. The Morgan fingerprint density at radius 1 is 1.30 bits per heavy atom. The van der Waals surface area contributed by atoms with Gasteiger partial charge in [0.25, 0.3) is 0 Å². The van der Waals surface area contributed by atoms with Gasteiger partial charge in [0.15, 0.2) is 5.16 Å². The van der Waals surface area contributed by atoms with Crippen LogP contribution in [0.25, 0.3) is 0 Å². The molecule has 0 aliphatic heterocycles. The van der Waals surface area contributed by atoms with E-state index in [-0.39, 0.29) is 5.91 Å². The molecule has 2 saturated carbocycles. The highest BCUT2D eigenvalue weighted by atomic mass is 32.2. The van der Waals surface area contributed by atoms with E-state index in [1.807, 2.05) is 7.05 Å². The van der Waals surface area contributed by atoms with Crippen molar-refractivity contribution in [3.05, 3.63) is 17.6 Å². The predicted molar refractivity (Wildman–Crippen MR) is 90.1 cm³/mol. The summed E-state index contributed by atoms with van der Waals surface area (Å²) >= 11 is 1.53. The van der Waals surface area contributed by atoms with Crippen LogP contribution in [0.4, 0.5) is 0 Å². The minimum absolute atomic E-state index is 0.238. The summed E-state index contributed by atoms with van der Waals surface area (Å²) in [7, 11) is 2.02. The highest BCUT2D eigenvalue weighted by Crippen LogP contribution is 2.39. The van der Waals surface area contributed by atoms with Gasteiger partial charge in [-0.3, -0.25) is 4.79 Å². The molecule has 124 valence electrons. The van der Waals surface area contributed by atoms with Crippen molar-refractivity contribution in [3.63, 3.8) is 0 Å². The fourth-order valence-electron chi connectivity index (χ4n) is 3.32. The van der Waals surface area contributed by atoms with Crippen LogP contribution in [0.5, 0.6) is 0 Å². The highest BCUT2D eigenvalue weighted by molar-refractivity contribution is 7.99. The van der Waals surface area contributed by atoms with Crippen LogP contribution >= 0.6 is 11.8 Å². The molecule has 0 saturated heterocycles. The molecule has 0 N–H and O–H groups in total. The number of rotatable bonds is 6. The number of thioether (sulfide) groups is 1. The normalized spacial score (nSPS) is 21.2. The molecule has 23 heavy (non-hydrogen) atoms. The minimum atomic E-state index is 0.238. The minimum Gasteiger partial charge on any atom is -0.313 e. The highest BCUT2D eigenvalue weighted by Gasteiger charge is 2.35. The first kappa shape index (κ1) is 15.2. The van der Waals surface area contributed by atoms with Crippen LogP contribution in [-0.2, 0) is 11.8 Å². The molecule has 1 aromatic heterocycles. The van der Waals surface area contributed by atoms with E-state index in [1.54, 1.807) is 0 Å². The quantitative estimate of drug-likeness (QED) is 0.751. The maximum absolute atomic E-state index is 12.8. The lowest BCUT2D eigenvalue weighted by Gasteiger charge is -2.27. The van der Waals surface area contributed by atoms with Gasteiger partial charge in [0.2, 0.25) is 5.91 Å². The maximum atomic E-state index is 12.8. The summed E-state index contributed by atoms with van der Waals surface area (Å²) in [5.41, 5.74) is 1.26. The van der Waals surface area contributed by atoms with Gasteiger partial charge in [0.05, 0.1) is 5.75 Å². The van der Waals surface area contributed by atoms with Crippen LogP contribution in [0.15, 0.2) is 16.9 Å². The topological polar surface area (TPSA) is 51.0 Å². The predicted octanol–water partition coefficient (Wildman–Crippen LogP) is 3.23. The van der Waals surface area contributed by atoms with Gasteiger partial charge in [-0.1, -0.05) is 17.8 Å². The Morgan fingerprint density at radius 2 is 2.13 bits per heavy atom. The van der Waals surface area contributed by atoms with Crippen molar-refractivity contribution in [1.29, 1.82) is 0 Å². The lowest BCUT2D eigenvalue weighted by molar-refractivity contribution is -0.127. The average molecular weight is 332 g/mol. The molecule has 0 bridgehead atoms. The van der Waals surface area contributed by atoms with Crippen molar-refractivity contribution in [2.75, 3.05) is 5.75 Å². The van der Waals surface area contributed by atoms with Gasteiger partial charge in [0, 0.05) is 24.7 Å². The van der Waals surface area contributed by atoms with Gasteiger partial charge in [0.1, 0.15) is 5.82 Å². The Labute approximate surface area is 141 Å². The molecule has 5 nitrogen and oxygen atoms in total. The molecular formula is C17H24N4OS. The zero-order chi connectivity index (χ0) is 15.8. The number of hydrogen-bond donors (Lipinski definition) is 0. The molecule has 2 fully saturated rings. The molecule has 0 spiro atoms. The Bertz CT molecular complexity index is 631. The van der Waals surface area contributed by atoms with E-state index in [0.29, 0.717) is 17.7 Å². The van der Waals surface area contributed by atoms with Crippen molar-refractivity contribution < 1.29 is 4.79 Å². The van der Waals surface area contributed by atoms with Gasteiger partial charge in [-0.05, 0) is 51.4 Å². The second kappa shape index (κ2) is 6.30. The van der Waals surface area contributed by atoms with Gasteiger partial charge in [-0.25, -0.2) is 0 Å². The second-order valence-corrected chi connectivity index (χ2v) is 7.84. The first-order chi connectivity index (χ1) is 11.2. The van der Waals surface area contributed by atoms with Crippen molar-refractivity contribution in [3.8, 4) is 0 Å². The third-order valence-corrected chi connectivity index (χ3v) is 5.90. The Balaban J connectivity index is 1.41. The fourth-order valence-corrected chi connectivity index (χ4v) is 4.09. The summed E-state index contributed by atoms with van der Waals surface area (Å²) in [6, 6.07) is 0.453. The molecular weight excluding hydrogens is 308 g/mol. The van der Waals surface area contributed by atoms with Crippen LogP contribution in [0.2, 0.25) is 0 Å². The zero-order valence-electron chi connectivity index (χ0n) is 13.7. The number of aromatic nitrogens is 3. The molecule has 0 radical (unpaired) electrons. The SMILES string of the molecule is Cn1c(SCC(=O)N(C2=CCCCC2)C2CC2)nnc1C1CC1. The molecule has 1 aromatic rings. The average Bonchev–Trinajstić information content (AvgIpc) is 3.47. The largest absolute Gasteiger partial charge is 0.313 e. The molecule has 4 rings (SSSR count). The summed E-state index contributed by atoms with van der Waals surface area (Å²) in [4.78, 5) is 14.9. The van der Waals surface area contributed by atoms with Gasteiger partial charge < -0.3 is 9.47 Å². The standard InChI is InChI=1S/C17H24N4OS/c1-20-16(12-7-8-12)18-19-17(20)23-11-15(22)21(14-9-10-14)13-5-3-2-4-6-13/h5,12,14H,2-4,6-11H2,1H3. The van der Waals surface area contributed by atoms with E-state index in [0.717, 1.165) is 36.7 Å². The molecule has 6 heteroatoms. The Hall–Kier alpha value is -1.30. The van der Waals surface area contributed by atoms with E-state index in [4.69, 9.17) is 0 Å². The molecule has 3 aliphatic rings. The van der Waals surface area contributed by atoms with E-state index < -0.39 is 0 Å². The first-order valence-electron chi connectivity index (χ1n) is 8.77. The maximum Gasteiger partial charge on any atom is 0.237 e. The van der Waals surface area contributed by atoms with Crippen LogP contribution in [0.3, 0.4) is 0 Å². The number of carbonyl (C=O) groups excluding carboxylic acids is 1. The third-order valence-electron chi connectivity index (χ3n) is 4.89. The monoisotopic (exact) mass is 332 g/mol. The van der Waals surface area contributed by atoms with Crippen LogP contribution in [0.1, 0.15) is 63.1 Å². The Morgan fingerprint density at radius 3 is 2.78 bits per heavy atom. The van der Waals surface area contributed by atoms with E-state index in [2.05, 4.69) is 25.7 Å². The fraction of sp³-hybridized carbons (Fsp3) is 0.706. The lowest BCUT2D eigenvalue weighted by Crippen LogP contribution is -2.34. The summed E-state index contributed by atoms with van der Waals surface area (Å²) < 4.78 is 2.07. The van der Waals surface area contributed by atoms with Crippen LogP contribution in [0, 0.1) is 0 Å². The van der Waals surface area contributed by atoms with Gasteiger partial charge in [-0.15, -0.1) is 10.2 Å². The summed E-state index contributed by atoms with van der Waals surface area (Å²) in [5.74, 6) is 2.37. The lowest BCUT2D eigenvalue weighted by atomic mass is 10.0. The molecule has 0 unspecified atom stereocenters. The van der Waals surface area contributed by atoms with Gasteiger partial charge in [-0.2, -0.15) is 0 Å². The van der Waals surface area contributed by atoms with Crippen molar-refractivity contribution in [2.45, 2.75) is 68.5 Å². The number of nitrogens with zero attached hydrogens (tertiary/aromatic N) is 4.